The van der Waals surface area contributed by atoms with Crippen LogP contribution in [0.25, 0.3) is 0 Å². The van der Waals surface area contributed by atoms with E-state index in [1.807, 2.05) is 13.8 Å². The lowest BCUT2D eigenvalue weighted by Crippen LogP contribution is -2.60. The van der Waals surface area contributed by atoms with Gasteiger partial charge in [-0.2, -0.15) is 0 Å². The summed E-state index contributed by atoms with van der Waals surface area (Å²) < 4.78 is 0. The number of carbonyl (C=O) groups is 2. The summed E-state index contributed by atoms with van der Waals surface area (Å²) in [5, 5.41) is 2.69. The molecule has 4 nitrogen and oxygen atoms in total. The third-order valence-electron chi connectivity index (χ3n) is 3.90. The zero-order valence-corrected chi connectivity index (χ0v) is 13.4. The predicted molar refractivity (Wildman–Crippen MR) is 81.3 cm³/mol. The van der Waals surface area contributed by atoms with E-state index in [1.54, 1.807) is 4.90 Å². The summed E-state index contributed by atoms with van der Waals surface area (Å²) in [7, 11) is 0. The molecule has 2 amide bonds. The van der Waals surface area contributed by atoms with E-state index in [-0.39, 0.29) is 30.3 Å². The van der Waals surface area contributed by atoms with Crippen molar-refractivity contribution < 1.29 is 9.59 Å². The van der Waals surface area contributed by atoms with Crippen LogP contribution in [0.15, 0.2) is 0 Å². The summed E-state index contributed by atoms with van der Waals surface area (Å²) in [6.07, 6.45) is 5.90. The van der Waals surface area contributed by atoms with Gasteiger partial charge in [0, 0.05) is 6.54 Å². The Balaban J connectivity index is 2.35. The van der Waals surface area contributed by atoms with Crippen LogP contribution in [0, 0.1) is 11.8 Å². The number of hydrogen-bond donors (Lipinski definition) is 1. The minimum atomic E-state index is -0.285. The standard InChI is InChI=1S/C16H30N2O2/c1-12(2)9-7-5-6-8-10-18-14(19)11-17-16(20)15(18)13(3)4/h12-13,15H,5-11H2,1-4H3,(H,17,20). The van der Waals surface area contributed by atoms with Crippen LogP contribution in [-0.2, 0) is 9.59 Å². The van der Waals surface area contributed by atoms with Crippen LogP contribution in [0.5, 0.6) is 0 Å². The van der Waals surface area contributed by atoms with Crippen LogP contribution in [0.1, 0.15) is 59.8 Å². The van der Waals surface area contributed by atoms with E-state index in [0.29, 0.717) is 0 Å². The largest absolute Gasteiger partial charge is 0.345 e. The lowest BCUT2D eigenvalue weighted by Gasteiger charge is -2.37. The molecule has 1 heterocycles. The molecule has 0 radical (unpaired) electrons. The SMILES string of the molecule is CC(C)CCCCCCN1C(=O)CNC(=O)C1C(C)C. The van der Waals surface area contributed by atoms with Gasteiger partial charge in [-0.25, -0.2) is 0 Å². The molecule has 0 saturated carbocycles. The van der Waals surface area contributed by atoms with Crippen molar-refractivity contribution >= 4 is 11.8 Å². The molecule has 4 heteroatoms. The third kappa shape index (κ3) is 5.14. The number of unbranched alkanes of at least 4 members (excludes halogenated alkanes) is 3. The van der Waals surface area contributed by atoms with Crippen LogP contribution in [0.4, 0.5) is 0 Å². The van der Waals surface area contributed by atoms with Gasteiger partial charge in [-0.1, -0.05) is 53.4 Å². The van der Waals surface area contributed by atoms with Crippen molar-refractivity contribution in [1.29, 1.82) is 0 Å². The molecule has 116 valence electrons. The number of nitrogens with zero attached hydrogens (tertiary/aromatic N) is 1. The maximum Gasteiger partial charge on any atom is 0.243 e. The highest BCUT2D eigenvalue weighted by molar-refractivity contribution is 5.94. The molecule has 1 unspecified atom stereocenters. The molecule has 0 bridgehead atoms. The molecule has 20 heavy (non-hydrogen) atoms. The fraction of sp³-hybridized carbons (Fsp3) is 0.875. The number of nitrogens with one attached hydrogen (secondary N) is 1. The minimum Gasteiger partial charge on any atom is -0.345 e. The molecule has 1 rings (SSSR count). The van der Waals surface area contributed by atoms with Gasteiger partial charge in [0.1, 0.15) is 6.04 Å². The Morgan fingerprint density at radius 2 is 1.75 bits per heavy atom. The monoisotopic (exact) mass is 282 g/mol. The number of carbonyl (C=O) groups excluding carboxylic acids is 2. The first-order chi connectivity index (χ1) is 9.43. The fourth-order valence-corrected chi connectivity index (χ4v) is 2.78. The predicted octanol–water partition coefficient (Wildman–Crippen LogP) is 2.58. The van der Waals surface area contributed by atoms with E-state index in [4.69, 9.17) is 0 Å². The van der Waals surface area contributed by atoms with E-state index in [0.717, 1.165) is 25.3 Å². The van der Waals surface area contributed by atoms with Gasteiger partial charge in [-0.05, 0) is 18.3 Å². The highest BCUT2D eigenvalue weighted by Crippen LogP contribution is 2.17. The second-order valence-electron chi connectivity index (χ2n) is 6.59. The van der Waals surface area contributed by atoms with Crippen LogP contribution >= 0.6 is 0 Å². The molecule has 0 aromatic carbocycles. The van der Waals surface area contributed by atoms with Crippen molar-refractivity contribution in [3.05, 3.63) is 0 Å². The first kappa shape index (κ1) is 17.0. The second kappa shape index (κ2) is 8.28. The Kier molecular flexibility index (Phi) is 7.03. The van der Waals surface area contributed by atoms with Crippen molar-refractivity contribution in [2.45, 2.75) is 65.8 Å². The van der Waals surface area contributed by atoms with Crippen LogP contribution in [0.2, 0.25) is 0 Å². The van der Waals surface area contributed by atoms with Crippen molar-refractivity contribution in [2.24, 2.45) is 11.8 Å². The van der Waals surface area contributed by atoms with Crippen LogP contribution in [0.3, 0.4) is 0 Å². The van der Waals surface area contributed by atoms with Crippen LogP contribution in [-0.4, -0.2) is 35.8 Å². The van der Waals surface area contributed by atoms with Gasteiger partial charge in [0.05, 0.1) is 6.54 Å². The first-order valence-electron chi connectivity index (χ1n) is 8.00. The molecule has 1 aliphatic rings. The van der Waals surface area contributed by atoms with Crippen LogP contribution < -0.4 is 5.32 Å². The molecule has 1 N–H and O–H groups in total. The molecule has 1 atom stereocenters. The van der Waals surface area contributed by atoms with E-state index in [9.17, 15) is 9.59 Å². The molecule has 0 aliphatic carbocycles. The van der Waals surface area contributed by atoms with Crippen molar-refractivity contribution in [3.63, 3.8) is 0 Å². The summed E-state index contributed by atoms with van der Waals surface area (Å²) >= 11 is 0. The molecule has 1 fully saturated rings. The summed E-state index contributed by atoms with van der Waals surface area (Å²) in [5.74, 6) is 0.998. The summed E-state index contributed by atoms with van der Waals surface area (Å²) in [5.41, 5.74) is 0. The Morgan fingerprint density at radius 1 is 1.10 bits per heavy atom. The molecule has 1 aliphatic heterocycles. The molecule has 0 aromatic rings. The van der Waals surface area contributed by atoms with Gasteiger partial charge >= 0.3 is 0 Å². The van der Waals surface area contributed by atoms with Crippen molar-refractivity contribution in [3.8, 4) is 0 Å². The van der Waals surface area contributed by atoms with E-state index < -0.39 is 0 Å². The Morgan fingerprint density at radius 3 is 2.35 bits per heavy atom. The van der Waals surface area contributed by atoms with Gasteiger partial charge in [0.25, 0.3) is 0 Å². The van der Waals surface area contributed by atoms with Gasteiger partial charge in [-0.3, -0.25) is 9.59 Å². The molecule has 0 aromatic heterocycles. The van der Waals surface area contributed by atoms with E-state index in [1.165, 1.54) is 19.3 Å². The lowest BCUT2D eigenvalue weighted by atomic mass is 9.98. The highest BCUT2D eigenvalue weighted by atomic mass is 16.2. The normalized spacial score (nSPS) is 19.9. The maximum atomic E-state index is 12.0. The van der Waals surface area contributed by atoms with Gasteiger partial charge < -0.3 is 10.2 Å². The summed E-state index contributed by atoms with van der Waals surface area (Å²) in [6.45, 7) is 9.37. The zero-order valence-electron chi connectivity index (χ0n) is 13.4. The topological polar surface area (TPSA) is 49.4 Å². The summed E-state index contributed by atoms with van der Waals surface area (Å²) in [4.78, 5) is 25.7. The fourth-order valence-electron chi connectivity index (χ4n) is 2.78. The second-order valence-corrected chi connectivity index (χ2v) is 6.59. The third-order valence-corrected chi connectivity index (χ3v) is 3.90. The number of amides is 2. The molecule has 1 saturated heterocycles. The Bertz CT molecular complexity index is 326. The summed E-state index contributed by atoms with van der Waals surface area (Å²) in [6, 6.07) is -0.285. The average molecular weight is 282 g/mol. The van der Waals surface area contributed by atoms with Crippen molar-refractivity contribution in [1.82, 2.24) is 10.2 Å². The highest BCUT2D eigenvalue weighted by Gasteiger charge is 2.35. The smallest absolute Gasteiger partial charge is 0.243 e. The van der Waals surface area contributed by atoms with Gasteiger partial charge in [-0.15, -0.1) is 0 Å². The lowest BCUT2D eigenvalue weighted by molar-refractivity contribution is -0.147. The van der Waals surface area contributed by atoms with Gasteiger partial charge in [0.2, 0.25) is 11.8 Å². The molecule has 0 spiro atoms. The maximum absolute atomic E-state index is 12.0. The number of rotatable bonds is 8. The number of piperazine rings is 1. The molecular weight excluding hydrogens is 252 g/mol. The first-order valence-corrected chi connectivity index (χ1v) is 8.00. The molecular formula is C16H30N2O2. The van der Waals surface area contributed by atoms with E-state index >= 15 is 0 Å². The Labute approximate surface area is 123 Å². The average Bonchev–Trinajstić information content (AvgIpc) is 2.36. The zero-order chi connectivity index (χ0) is 15.1. The number of hydrogen-bond acceptors (Lipinski definition) is 2. The minimum absolute atomic E-state index is 0.000548. The van der Waals surface area contributed by atoms with E-state index in [2.05, 4.69) is 19.2 Å². The van der Waals surface area contributed by atoms with Crippen molar-refractivity contribution in [2.75, 3.05) is 13.1 Å². The quantitative estimate of drug-likeness (QED) is 0.696. The Hall–Kier alpha value is -1.06. The van der Waals surface area contributed by atoms with Gasteiger partial charge in [0.15, 0.2) is 0 Å².